The Hall–Kier alpha value is -1.40. The summed E-state index contributed by atoms with van der Waals surface area (Å²) in [7, 11) is 3.06. The van der Waals surface area contributed by atoms with Gasteiger partial charge in [-0.05, 0) is 24.3 Å². The SMILES string of the molecule is CN1SN(c2ccc(Cl)cc2)C(=O)N(C)C1=O. The number of carbonyl (C=O) groups is 2. The third-order valence-electron chi connectivity index (χ3n) is 2.28. The molecule has 0 aliphatic carbocycles. The van der Waals surface area contributed by atoms with Gasteiger partial charge in [0.25, 0.3) is 0 Å². The van der Waals surface area contributed by atoms with Gasteiger partial charge in [-0.15, -0.1) is 0 Å². The summed E-state index contributed by atoms with van der Waals surface area (Å²) in [6, 6.07) is 6.13. The molecule has 1 aliphatic rings. The number of hydrogen-bond donors (Lipinski definition) is 0. The molecular weight excluding hydrogens is 262 g/mol. The van der Waals surface area contributed by atoms with Gasteiger partial charge in [-0.25, -0.2) is 18.8 Å². The van der Waals surface area contributed by atoms with E-state index in [0.29, 0.717) is 10.7 Å². The fourth-order valence-corrected chi connectivity index (χ4v) is 2.33. The number of urea groups is 2. The molecule has 17 heavy (non-hydrogen) atoms. The van der Waals surface area contributed by atoms with Crippen LogP contribution >= 0.6 is 23.7 Å². The molecule has 1 heterocycles. The highest BCUT2D eigenvalue weighted by atomic mass is 35.5. The van der Waals surface area contributed by atoms with Crippen LogP contribution in [0.25, 0.3) is 0 Å². The Labute approximate surface area is 108 Å². The van der Waals surface area contributed by atoms with Crippen LogP contribution in [0.1, 0.15) is 0 Å². The van der Waals surface area contributed by atoms with Crippen molar-refractivity contribution in [3.63, 3.8) is 0 Å². The standard InChI is InChI=1S/C10H10ClN3O2S/c1-12-9(15)13(2)17-14(10(12)16)8-5-3-7(11)4-6-8/h3-6H,1-2H3. The Balaban J connectivity index is 2.30. The minimum absolute atomic E-state index is 0.342. The lowest BCUT2D eigenvalue weighted by Gasteiger charge is -2.35. The summed E-state index contributed by atoms with van der Waals surface area (Å²) in [6.45, 7) is 0. The molecule has 1 aliphatic heterocycles. The summed E-state index contributed by atoms with van der Waals surface area (Å²) in [5, 5.41) is 0.598. The number of hydrogen-bond acceptors (Lipinski definition) is 3. The molecule has 0 aromatic heterocycles. The van der Waals surface area contributed by atoms with Gasteiger partial charge in [-0.3, -0.25) is 4.31 Å². The Morgan fingerprint density at radius 2 is 1.65 bits per heavy atom. The van der Waals surface area contributed by atoms with Crippen molar-refractivity contribution in [2.24, 2.45) is 0 Å². The van der Waals surface area contributed by atoms with E-state index >= 15 is 0 Å². The fourth-order valence-electron chi connectivity index (χ4n) is 1.36. The van der Waals surface area contributed by atoms with Gasteiger partial charge < -0.3 is 0 Å². The van der Waals surface area contributed by atoms with Gasteiger partial charge in [-0.2, -0.15) is 0 Å². The topological polar surface area (TPSA) is 43.9 Å². The smallest absolute Gasteiger partial charge is 0.252 e. The highest BCUT2D eigenvalue weighted by molar-refractivity contribution is 7.99. The minimum atomic E-state index is -0.375. The molecule has 4 amide bonds. The predicted octanol–water partition coefficient (Wildman–Crippen LogP) is 2.83. The normalized spacial score (nSPS) is 16.8. The van der Waals surface area contributed by atoms with Crippen molar-refractivity contribution < 1.29 is 9.59 Å². The molecule has 0 radical (unpaired) electrons. The molecule has 0 atom stereocenters. The van der Waals surface area contributed by atoms with Crippen LogP contribution in [0.5, 0.6) is 0 Å². The summed E-state index contributed by atoms with van der Waals surface area (Å²) in [6.07, 6.45) is 0. The van der Waals surface area contributed by atoms with Gasteiger partial charge in [0.05, 0.1) is 17.8 Å². The second-order valence-corrected chi connectivity index (χ2v) is 4.99. The van der Waals surface area contributed by atoms with Crippen LogP contribution in [-0.4, -0.2) is 35.4 Å². The minimum Gasteiger partial charge on any atom is -0.252 e. The lowest BCUT2D eigenvalue weighted by atomic mass is 10.3. The lowest BCUT2D eigenvalue weighted by Crippen LogP contribution is -2.51. The maximum Gasteiger partial charge on any atom is 0.344 e. The maximum absolute atomic E-state index is 11.9. The molecule has 5 nitrogen and oxygen atoms in total. The van der Waals surface area contributed by atoms with Crippen molar-refractivity contribution >= 4 is 41.5 Å². The molecule has 1 saturated heterocycles. The highest BCUT2D eigenvalue weighted by Crippen LogP contribution is 2.30. The molecule has 0 N–H and O–H groups in total. The number of amides is 4. The van der Waals surface area contributed by atoms with Crippen molar-refractivity contribution in [1.29, 1.82) is 0 Å². The molecule has 1 fully saturated rings. The van der Waals surface area contributed by atoms with Crippen molar-refractivity contribution in [2.45, 2.75) is 0 Å². The van der Waals surface area contributed by atoms with Crippen molar-refractivity contribution in [2.75, 3.05) is 18.4 Å². The van der Waals surface area contributed by atoms with Crippen LogP contribution in [0.2, 0.25) is 5.02 Å². The van der Waals surface area contributed by atoms with Gasteiger partial charge in [-0.1, -0.05) is 11.6 Å². The molecule has 0 unspecified atom stereocenters. The molecule has 1 aromatic rings. The average Bonchev–Trinajstić information content (AvgIpc) is 2.32. The third-order valence-corrected chi connectivity index (χ3v) is 3.47. The Morgan fingerprint density at radius 1 is 1.06 bits per heavy atom. The van der Waals surface area contributed by atoms with Crippen LogP contribution < -0.4 is 4.31 Å². The third kappa shape index (κ3) is 2.18. The summed E-state index contributed by atoms with van der Waals surface area (Å²) < 4.78 is 2.81. The van der Waals surface area contributed by atoms with E-state index in [1.807, 2.05) is 0 Å². The first-order chi connectivity index (χ1) is 8.00. The van der Waals surface area contributed by atoms with Crippen molar-refractivity contribution in [3.8, 4) is 0 Å². The van der Waals surface area contributed by atoms with E-state index in [2.05, 4.69) is 0 Å². The maximum atomic E-state index is 11.9. The summed E-state index contributed by atoms with van der Waals surface area (Å²) in [4.78, 5) is 24.5. The summed E-state index contributed by atoms with van der Waals surface area (Å²) in [5.41, 5.74) is 0.676. The van der Waals surface area contributed by atoms with Gasteiger partial charge >= 0.3 is 12.1 Å². The van der Waals surface area contributed by atoms with Crippen LogP contribution in [0.4, 0.5) is 15.3 Å². The van der Waals surface area contributed by atoms with Gasteiger partial charge in [0.1, 0.15) is 0 Å². The van der Waals surface area contributed by atoms with Crippen LogP contribution in [0.3, 0.4) is 0 Å². The van der Waals surface area contributed by atoms with Crippen LogP contribution in [-0.2, 0) is 0 Å². The molecule has 0 bridgehead atoms. The monoisotopic (exact) mass is 271 g/mol. The Bertz CT molecular complexity index is 465. The first-order valence-electron chi connectivity index (χ1n) is 4.80. The van der Waals surface area contributed by atoms with Gasteiger partial charge in [0.15, 0.2) is 0 Å². The van der Waals surface area contributed by atoms with E-state index < -0.39 is 0 Å². The number of carbonyl (C=O) groups excluding carboxylic acids is 2. The predicted molar refractivity (Wildman–Crippen MR) is 67.8 cm³/mol. The molecule has 0 saturated carbocycles. The Morgan fingerprint density at radius 3 is 2.24 bits per heavy atom. The zero-order chi connectivity index (χ0) is 12.6. The van der Waals surface area contributed by atoms with Gasteiger partial charge in [0.2, 0.25) is 0 Å². The van der Waals surface area contributed by atoms with E-state index in [9.17, 15) is 9.59 Å². The Kier molecular flexibility index (Phi) is 3.17. The first kappa shape index (κ1) is 12.1. The average molecular weight is 272 g/mol. The number of rotatable bonds is 1. The zero-order valence-electron chi connectivity index (χ0n) is 9.25. The van der Waals surface area contributed by atoms with Crippen molar-refractivity contribution in [1.82, 2.24) is 9.21 Å². The van der Waals surface area contributed by atoms with E-state index in [1.165, 1.54) is 15.7 Å². The molecule has 1 aromatic carbocycles. The number of nitrogens with zero attached hydrogens (tertiary/aromatic N) is 3. The largest absolute Gasteiger partial charge is 0.344 e. The first-order valence-corrected chi connectivity index (χ1v) is 5.90. The summed E-state index contributed by atoms with van der Waals surface area (Å²) >= 11 is 6.83. The van der Waals surface area contributed by atoms with E-state index in [0.717, 1.165) is 17.0 Å². The highest BCUT2D eigenvalue weighted by Gasteiger charge is 2.34. The van der Waals surface area contributed by atoms with E-state index in [1.54, 1.807) is 31.3 Å². The number of halogens is 1. The molecule has 2 rings (SSSR count). The van der Waals surface area contributed by atoms with Crippen LogP contribution in [0, 0.1) is 0 Å². The second-order valence-electron chi connectivity index (χ2n) is 3.47. The molecule has 90 valence electrons. The van der Waals surface area contributed by atoms with Gasteiger partial charge in [0, 0.05) is 19.1 Å². The number of imide groups is 1. The summed E-state index contributed by atoms with van der Waals surface area (Å²) in [5.74, 6) is 0. The second kappa shape index (κ2) is 4.46. The molecular formula is C10H10ClN3O2S. The van der Waals surface area contributed by atoms with Crippen LogP contribution in [0.15, 0.2) is 24.3 Å². The van der Waals surface area contributed by atoms with E-state index in [-0.39, 0.29) is 12.1 Å². The molecule has 7 heteroatoms. The van der Waals surface area contributed by atoms with Crippen molar-refractivity contribution in [3.05, 3.63) is 29.3 Å². The van der Waals surface area contributed by atoms with E-state index in [4.69, 9.17) is 11.6 Å². The lowest BCUT2D eigenvalue weighted by molar-refractivity contribution is 0.189. The zero-order valence-corrected chi connectivity index (χ0v) is 10.8. The quantitative estimate of drug-likeness (QED) is 0.738. The fraction of sp³-hybridized carbons (Fsp3) is 0.200. The number of anilines is 1. The molecule has 0 spiro atoms. The number of benzene rings is 1.